The first-order chi connectivity index (χ1) is 8.49. The second kappa shape index (κ2) is 4.61. The zero-order chi connectivity index (χ0) is 13.3. The van der Waals surface area contributed by atoms with E-state index in [1.807, 2.05) is 51.1 Å². The molecule has 0 bridgehead atoms. The molecule has 1 aliphatic rings. The number of amides is 1. The number of hydrogen-bond donors (Lipinski definition) is 1. The van der Waals surface area contributed by atoms with Crippen molar-refractivity contribution < 1.29 is 4.79 Å². The first kappa shape index (κ1) is 12.3. The van der Waals surface area contributed by atoms with Crippen molar-refractivity contribution in [3.8, 4) is 0 Å². The lowest BCUT2D eigenvalue weighted by Crippen LogP contribution is -2.21. The van der Waals surface area contributed by atoms with Crippen LogP contribution in [0, 0.1) is 6.92 Å². The summed E-state index contributed by atoms with van der Waals surface area (Å²) < 4.78 is 0. The molecule has 1 amide bonds. The standard InChI is InChI=1S/C15H16N2O/c1-9(2)12-8-13(15(18)17-14(12)16)11-6-4-5-10(3)7-11/h4-8H,1-3H3,(H2,16,17,18). The van der Waals surface area contributed by atoms with Crippen LogP contribution in [0.15, 0.2) is 46.5 Å². The predicted molar refractivity (Wildman–Crippen MR) is 74.2 cm³/mol. The Morgan fingerprint density at radius 1 is 1.28 bits per heavy atom. The average molecular weight is 240 g/mol. The van der Waals surface area contributed by atoms with Gasteiger partial charge in [0.2, 0.25) is 0 Å². The van der Waals surface area contributed by atoms with E-state index in [0.717, 1.165) is 22.3 Å². The van der Waals surface area contributed by atoms with Crippen molar-refractivity contribution >= 4 is 17.3 Å². The lowest BCUT2D eigenvalue weighted by atomic mass is 9.96. The van der Waals surface area contributed by atoms with Crippen LogP contribution in [0.1, 0.15) is 25.0 Å². The Morgan fingerprint density at radius 2 is 2.00 bits per heavy atom. The number of nitrogens with zero attached hydrogens (tertiary/aromatic N) is 1. The van der Waals surface area contributed by atoms with E-state index in [0.29, 0.717) is 11.4 Å². The molecule has 1 aliphatic heterocycles. The SMILES string of the molecule is CC(C)=C1C=C(c2cccc(C)c2)C(=O)N=C1N. The minimum Gasteiger partial charge on any atom is -0.383 e. The van der Waals surface area contributed by atoms with E-state index in [2.05, 4.69) is 4.99 Å². The summed E-state index contributed by atoms with van der Waals surface area (Å²) in [6, 6.07) is 7.82. The number of benzene rings is 1. The number of dihydropyridines is 1. The largest absolute Gasteiger partial charge is 0.383 e. The van der Waals surface area contributed by atoms with E-state index in [-0.39, 0.29) is 5.91 Å². The number of allylic oxidation sites excluding steroid dienone is 1. The molecule has 92 valence electrons. The first-order valence-corrected chi connectivity index (χ1v) is 5.84. The zero-order valence-electron chi connectivity index (χ0n) is 10.8. The van der Waals surface area contributed by atoms with E-state index >= 15 is 0 Å². The molecule has 1 aromatic carbocycles. The molecule has 0 unspecified atom stereocenters. The third-order valence-electron chi connectivity index (χ3n) is 2.88. The van der Waals surface area contributed by atoms with Crippen LogP contribution in [0.5, 0.6) is 0 Å². The number of amidine groups is 1. The zero-order valence-corrected chi connectivity index (χ0v) is 10.8. The number of aliphatic imine (C=N–C) groups is 1. The molecule has 1 aromatic rings. The van der Waals surface area contributed by atoms with E-state index in [1.165, 1.54) is 0 Å². The van der Waals surface area contributed by atoms with Crippen molar-refractivity contribution in [3.63, 3.8) is 0 Å². The molecule has 1 heterocycles. The average Bonchev–Trinajstić information content (AvgIpc) is 2.28. The molecule has 2 rings (SSSR count). The summed E-state index contributed by atoms with van der Waals surface area (Å²) in [7, 11) is 0. The molecule has 0 saturated carbocycles. The van der Waals surface area contributed by atoms with Crippen LogP contribution in [0.4, 0.5) is 0 Å². The molecule has 3 nitrogen and oxygen atoms in total. The number of rotatable bonds is 1. The Balaban J connectivity index is 2.55. The molecule has 0 aliphatic carbocycles. The van der Waals surface area contributed by atoms with Crippen molar-refractivity contribution in [2.75, 3.05) is 0 Å². The summed E-state index contributed by atoms with van der Waals surface area (Å²) in [5, 5.41) is 0. The molecular formula is C15H16N2O. The predicted octanol–water partition coefficient (Wildman–Crippen LogP) is 2.61. The summed E-state index contributed by atoms with van der Waals surface area (Å²) in [5.74, 6) is 0.0273. The van der Waals surface area contributed by atoms with Gasteiger partial charge < -0.3 is 5.73 Å². The lowest BCUT2D eigenvalue weighted by Gasteiger charge is -2.14. The highest BCUT2D eigenvalue weighted by molar-refractivity contribution is 6.28. The number of nitrogens with two attached hydrogens (primary N) is 1. The van der Waals surface area contributed by atoms with Crippen molar-refractivity contribution in [1.82, 2.24) is 0 Å². The highest BCUT2D eigenvalue weighted by atomic mass is 16.1. The molecule has 0 spiro atoms. The van der Waals surface area contributed by atoms with Crippen molar-refractivity contribution in [2.45, 2.75) is 20.8 Å². The molecule has 0 saturated heterocycles. The van der Waals surface area contributed by atoms with Crippen LogP contribution in [0.3, 0.4) is 0 Å². The minimum atomic E-state index is -0.275. The van der Waals surface area contributed by atoms with Gasteiger partial charge in [-0.1, -0.05) is 35.4 Å². The summed E-state index contributed by atoms with van der Waals surface area (Å²) in [6.45, 7) is 5.91. The van der Waals surface area contributed by atoms with Gasteiger partial charge in [0, 0.05) is 11.1 Å². The Labute approximate surface area is 107 Å². The second-order valence-electron chi connectivity index (χ2n) is 4.64. The van der Waals surface area contributed by atoms with Crippen LogP contribution in [0.25, 0.3) is 5.57 Å². The highest BCUT2D eigenvalue weighted by Gasteiger charge is 2.19. The summed E-state index contributed by atoms with van der Waals surface area (Å²) in [6.07, 6.45) is 1.83. The van der Waals surface area contributed by atoms with Gasteiger partial charge in [0.15, 0.2) is 0 Å². The van der Waals surface area contributed by atoms with Gasteiger partial charge in [-0.3, -0.25) is 4.79 Å². The molecule has 0 radical (unpaired) electrons. The fraction of sp³-hybridized carbons (Fsp3) is 0.200. The number of aryl methyl sites for hydroxylation is 1. The normalized spacial score (nSPS) is 15.3. The van der Waals surface area contributed by atoms with Gasteiger partial charge in [-0.05, 0) is 32.4 Å². The van der Waals surface area contributed by atoms with Crippen LogP contribution < -0.4 is 5.73 Å². The van der Waals surface area contributed by atoms with Gasteiger partial charge in [0.25, 0.3) is 5.91 Å². The smallest absolute Gasteiger partial charge is 0.279 e. The van der Waals surface area contributed by atoms with E-state index in [9.17, 15) is 4.79 Å². The topological polar surface area (TPSA) is 55.5 Å². The lowest BCUT2D eigenvalue weighted by molar-refractivity contribution is -0.112. The maximum atomic E-state index is 11.9. The molecule has 3 heteroatoms. The van der Waals surface area contributed by atoms with Crippen LogP contribution >= 0.6 is 0 Å². The van der Waals surface area contributed by atoms with Crippen LogP contribution in [-0.2, 0) is 4.79 Å². The maximum absolute atomic E-state index is 11.9. The van der Waals surface area contributed by atoms with E-state index in [1.54, 1.807) is 0 Å². The van der Waals surface area contributed by atoms with Gasteiger partial charge in [-0.2, -0.15) is 4.99 Å². The van der Waals surface area contributed by atoms with Gasteiger partial charge in [0.05, 0.1) is 0 Å². The number of carbonyl (C=O) groups is 1. The van der Waals surface area contributed by atoms with Crippen molar-refractivity contribution in [3.05, 3.63) is 52.6 Å². The molecular weight excluding hydrogens is 224 g/mol. The Bertz CT molecular complexity index is 603. The Kier molecular flexibility index (Phi) is 3.15. The monoisotopic (exact) mass is 240 g/mol. The van der Waals surface area contributed by atoms with Crippen LogP contribution in [0.2, 0.25) is 0 Å². The fourth-order valence-corrected chi connectivity index (χ4v) is 1.93. The first-order valence-electron chi connectivity index (χ1n) is 5.84. The number of hydrogen-bond acceptors (Lipinski definition) is 2. The fourth-order valence-electron chi connectivity index (χ4n) is 1.93. The summed E-state index contributed by atoms with van der Waals surface area (Å²) >= 11 is 0. The number of carbonyl (C=O) groups excluding carboxylic acids is 1. The minimum absolute atomic E-state index is 0.275. The van der Waals surface area contributed by atoms with Crippen molar-refractivity contribution in [2.24, 2.45) is 10.7 Å². The van der Waals surface area contributed by atoms with E-state index in [4.69, 9.17) is 5.73 Å². The van der Waals surface area contributed by atoms with Gasteiger partial charge in [0.1, 0.15) is 5.84 Å². The quantitative estimate of drug-likeness (QED) is 0.820. The third-order valence-corrected chi connectivity index (χ3v) is 2.88. The second-order valence-corrected chi connectivity index (χ2v) is 4.64. The molecule has 2 N–H and O–H groups in total. The van der Waals surface area contributed by atoms with Crippen molar-refractivity contribution in [1.29, 1.82) is 0 Å². The Morgan fingerprint density at radius 3 is 2.61 bits per heavy atom. The molecule has 0 atom stereocenters. The van der Waals surface area contributed by atoms with Crippen LogP contribution in [-0.4, -0.2) is 11.7 Å². The molecule has 0 aromatic heterocycles. The highest BCUT2D eigenvalue weighted by Crippen LogP contribution is 2.24. The molecule has 0 fully saturated rings. The van der Waals surface area contributed by atoms with Gasteiger partial charge in [-0.15, -0.1) is 0 Å². The third kappa shape index (κ3) is 2.25. The Hall–Kier alpha value is -2.16. The van der Waals surface area contributed by atoms with Gasteiger partial charge >= 0.3 is 0 Å². The van der Waals surface area contributed by atoms with E-state index < -0.39 is 0 Å². The maximum Gasteiger partial charge on any atom is 0.279 e. The summed E-state index contributed by atoms with van der Waals surface area (Å²) in [4.78, 5) is 15.8. The summed E-state index contributed by atoms with van der Waals surface area (Å²) in [5.41, 5.74) is 10.3. The molecule has 18 heavy (non-hydrogen) atoms. The van der Waals surface area contributed by atoms with Gasteiger partial charge in [-0.25, -0.2) is 0 Å².